The van der Waals surface area contributed by atoms with E-state index in [0.717, 1.165) is 6.07 Å². The molecule has 1 aliphatic rings. The van der Waals surface area contributed by atoms with Crippen molar-refractivity contribution in [2.24, 2.45) is 0 Å². The molecule has 1 amide bonds. The van der Waals surface area contributed by atoms with E-state index in [-0.39, 0.29) is 5.56 Å². The van der Waals surface area contributed by atoms with Crippen molar-refractivity contribution in [1.82, 2.24) is 10.2 Å². The van der Waals surface area contributed by atoms with Gasteiger partial charge in [-0.3, -0.25) is 4.90 Å². The van der Waals surface area contributed by atoms with Crippen LogP contribution >= 0.6 is 0 Å². The zero-order chi connectivity index (χ0) is 15.6. The van der Waals surface area contributed by atoms with E-state index in [2.05, 4.69) is 5.32 Å². The summed E-state index contributed by atoms with van der Waals surface area (Å²) in [7, 11) is 0. The van der Waals surface area contributed by atoms with Crippen LogP contribution in [0.4, 0.5) is 13.6 Å². The van der Waals surface area contributed by atoms with E-state index in [1.165, 1.54) is 17.0 Å². The van der Waals surface area contributed by atoms with Gasteiger partial charge in [0.15, 0.2) is 0 Å². The van der Waals surface area contributed by atoms with E-state index in [9.17, 15) is 13.6 Å². The van der Waals surface area contributed by atoms with Crippen LogP contribution in [-0.2, 0) is 4.74 Å². The number of benzene rings is 1. The highest BCUT2D eigenvalue weighted by molar-refractivity contribution is 5.69. The van der Waals surface area contributed by atoms with Crippen molar-refractivity contribution in [3.05, 3.63) is 35.4 Å². The van der Waals surface area contributed by atoms with E-state index in [1.807, 2.05) is 0 Å². The lowest BCUT2D eigenvalue weighted by Crippen LogP contribution is -2.50. The Bertz CT molecular complexity index is 529. The summed E-state index contributed by atoms with van der Waals surface area (Å²) in [6, 6.07) is 2.89. The summed E-state index contributed by atoms with van der Waals surface area (Å²) >= 11 is 0. The molecule has 116 valence electrons. The maximum atomic E-state index is 14.0. The van der Waals surface area contributed by atoms with Crippen LogP contribution < -0.4 is 5.32 Å². The van der Waals surface area contributed by atoms with Gasteiger partial charge in [-0.1, -0.05) is 6.07 Å². The number of halogens is 2. The highest BCUT2D eigenvalue weighted by Crippen LogP contribution is 2.27. The Morgan fingerprint density at radius 1 is 1.38 bits per heavy atom. The predicted molar refractivity (Wildman–Crippen MR) is 74.9 cm³/mol. The van der Waals surface area contributed by atoms with Crippen LogP contribution in [0, 0.1) is 11.6 Å². The molecule has 0 aliphatic carbocycles. The van der Waals surface area contributed by atoms with Crippen molar-refractivity contribution in [3.63, 3.8) is 0 Å². The molecule has 1 fully saturated rings. The van der Waals surface area contributed by atoms with Gasteiger partial charge in [-0.2, -0.15) is 0 Å². The second-order valence-electron chi connectivity index (χ2n) is 6.06. The molecule has 1 aromatic carbocycles. The van der Waals surface area contributed by atoms with Gasteiger partial charge < -0.3 is 10.1 Å². The fraction of sp³-hybridized carbons (Fsp3) is 0.533. The summed E-state index contributed by atoms with van der Waals surface area (Å²) in [5.41, 5.74) is -0.331. The second-order valence-corrected chi connectivity index (χ2v) is 6.06. The van der Waals surface area contributed by atoms with Gasteiger partial charge in [0.25, 0.3) is 0 Å². The first-order chi connectivity index (χ1) is 9.78. The van der Waals surface area contributed by atoms with Crippen LogP contribution in [0.2, 0.25) is 0 Å². The van der Waals surface area contributed by atoms with Gasteiger partial charge in [0.2, 0.25) is 0 Å². The molecule has 6 heteroatoms. The van der Waals surface area contributed by atoms with Crippen molar-refractivity contribution < 1.29 is 18.3 Å². The summed E-state index contributed by atoms with van der Waals surface area (Å²) in [6.07, 6.45) is -0.488. The molecular weight excluding hydrogens is 278 g/mol. The molecule has 0 saturated carbocycles. The number of piperazine rings is 1. The molecule has 4 nitrogen and oxygen atoms in total. The van der Waals surface area contributed by atoms with Gasteiger partial charge >= 0.3 is 6.09 Å². The molecular formula is C15H20F2N2O2. The lowest BCUT2D eigenvalue weighted by atomic mass is 10.0. The summed E-state index contributed by atoms with van der Waals surface area (Å²) in [4.78, 5) is 13.7. The molecule has 0 radical (unpaired) electrons. The Labute approximate surface area is 123 Å². The lowest BCUT2D eigenvalue weighted by molar-refractivity contribution is 0.0114. The third-order valence-electron chi connectivity index (χ3n) is 3.19. The molecule has 1 heterocycles. The summed E-state index contributed by atoms with van der Waals surface area (Å²) in [5, 5.41) is 3.11. The van der Waals surface area contributed by atoms with Gasteiger partial charge in [0.1, 0.15) is 17.2 Å². The Balaban J connectivity index is 2.24. The van der Waals surface area contributed by atoms with Crippen molar-refractivity contribution in [3.8, 4) is 0 Å². The molecule has 0 unspecified atom stereocenters. The fourth-order valence-electron chi connectivity index (χ4n) is 2.29. The first-order valence-corrected chi connectivity index (χ1v) is 6.93. The minimum atomic E-state index is -0.655. The molecule has 0 spiro atoms. The van der Waals surface area contributed by atoms with Crippen molar-refractivity contribution >= 4 is 6.09 Å². The fourth-order valence-corrected chi connectivity index (χ4v) is 2.29. The monoisotopic (exact) mass is 298 g/mol. The van der Waals surface area contributed by atoms with E-state index < -0.39 is 29.4 Å². The highest BCUT2D eigenvalue weighted by atomic mass is 19.1. The van der Waals surface area contributed by atoms with Gasteiger partial charge in [-0.05, 0) is 26.8 Å². The first kappa shape index (κ1) is 15.7. The van der Waals surface area contributed by atoms with Crippen LogP contribution in [0.25, 0.3) is 0 Å². The van der Waals surface area contributed by atoms with Crippen LogP contribution in [0.3, 0.4) is 0 Å². The molecule has 1 N–H and O–H groups in total. The van der Waals surface area contributed by atoms with Crippen LogP contribution in [0.1, 0.15) is 32.4 Å². The number of nitrogens with one attached hydrogen (secondary N) is 1. The molecule has 2 rings (SSSR count). The van der Waals surface area contributed by atoms with Gasteiger partial charge in [0.05, 0.1) is 6.04 Å². The molecule has 1 aliphatic heterocycles. The van der Waals surface area contributed by atoms with Crippen molar-refractivity contribution in [1.29, 1.82) is 0 Å². The Morgan fingerprint density at radius 2 is 2.10 bits per heavy atom. The standard InChI is InChI=1S/C15H20F2N2O2/c1-15(2,3)21-14(20)19-7-6-18-9-13(19)11-5-4-10(16)8-12(11)17/h4-5,8,13,18H,6-7,9H2,1-3H3/t13-/m0/s1. The molecule has 1 aromatic rings. The number of carbonyl (C=O) groups excluding carboxylic acids is 1. The number of nitrogens with zero attached hydrogens (tertiary/aromatic N) is 1. The average molecular weight is 298 g/mol. The molecule has 1 atom stereocenters. The molecule has 0 bridgehead atoms. The zero-order valence-electron chi connectivity index (χ0n) is 12.5. The molecule has 0 aromatic heterocycles. The number of ether oxygens (including phenoxy) is 1. The second kappa shape index (κ2) is 5.97. The van der Waals surface area contributed by atoms with E-state index in [0.29, 0.717) is 19.6 Å². The number of rotatable bonds is 1. The maximum absolute atomic E-state index is 14.0. The largest absolute Gasteiger partial charge is 0.444 e. The normalized spacial score (nSPS) is 19.5. The van der Waals surface area contributed by atoms with Crippen molar-refractivity contribution in [2.45, 2.75) is 32.4 Å². The minimum absolute atomic E-state index is 0.287. The smallest absolute Gasteiger partial charge is 0.410 e. The third kappa shape index (κ3) is 3.91. The van der Waals surface area contributed by atoms with Gasteiger partial charge in [-0.15, -0.1) is 0 Å². The van der Waals surface area contributed by atoms with Crippen molar-refractivity contribution in [2.75, 3.05) is 19.6 Å². The first-order valence-electron chi connectivity index (χ1n) is 6.93. The quantitative estimate of drug-likeness (QED) is 0.867. The third-order valence-corrected chi connectivity index (χ3v) is 3.19. The topological polar surface area (TPSA) is 41.6 Å². The predicted octanol–water partition coefficient (Wildman–Crippen LogP) is 2.85. The van der Waals surface area contributed by atoms with E-state index >= 15 is 0 Å². The SMILES string of the molecule is CC(C)(C)OC(=O)N1CCNC[C@H]1c1ccc(F)cc1F. The number of hydrogen-bond acceptors (Lipinski definition) is 3. The summed E-state index contributed by atoms with van der Waals surface area (Å²) in [6.45, 7) is 6.76. The maximum Gasteiger partial charge on any atom is 0.410 e. The van der Waals surface area contributed by atoms with Crippen LogP contribution in [0.15, 0.2) is 18.2 Å². The Morgan fingerprint density at radius 3 is 2.71 bits per heavy atom. The average Bonchev–Trinajstić information content (AvgIpc) is 2.37. The van der Waals surface area contributed by atoms with E-state index in [4.69, 9.17) is 4.74 Å². The number of hydrogen-bond donors (Lipinski definition) is 1. The molecule has 1 saturated heterocycles. The van der Waals surface area contributed by atoms with Gasteiger partial charge in [0, 0.05) is 31.3 Å². The van der Waals surface area contributed by atoms with Gasteiger partial charge in [-0.25, -0.2) is 13.6 Å². The molecule has 21 heavy (non-hydrogen) atoms. The Hall–Kier alpha value is -1.69. The van der Waals surface area contributed by atoms with Crippen LogP contribution in [-0.4, -0.2) is 36.2 Å². The summed E-state index contributed by atoms with van der Waals surface area (Å²) < 4.78 is 32.4. The number of amides is 1. The van der Waals surface area contributed by atoms with E-state index in [1.54, 1.807) is 20.8 Å². The van der Waals surface area contributed by atoms with Crippen LogP contribution in [0.5, 0.6) is 0 Å². The minimum Gasteiger partial charge on any atom is -0.444 e. The highest BCUT2D eigenvalue weighted by Gasteiger charge is 2.32. The lowest BCUT2D eigenvalue weighted by Gasteiger charge is -2.37. The number of carbonyl (C=O) groups is 1. The Kier molecular flexibility index (Phi) is 4.46. The summed E-state index contributed by atoms with van der Waals surface area (Å²) in [5.74, 6) is -1.29. The zero-order valence-corrected chi connectivity index (χ0v) is 12.5.